The molecule has 2 N–H and O–H groups in total. The molecule has 0 bridgehead atoms. The Labute approximate surface area is 99.8 Å². The number of carbonyl (C=O) groups excluding carboxylic acids is 1. The molecule has 0 saturated carbocycles. The second-order valence-electron chi connectivity index (χ2n) is 3.48. The lowest BCUT2D eigenvalue weighted by atomic mass is 10.3. The van der Waals surface area contributed by atoms with Crippen molar-refractivity contribution < 1.29 is 4.79 Å². The van der Waals surface area contributed by atoms with Crippen LogP contribution >= 0.6 is 11.3 Å². The average molecular weight is 239 g/mol. The van der Waals surface area contributed by atoms with Gasteiger partial charge in [-0.2, -0.15) is 0 Å². The molecule has 0 radical (unpaired) electrons. The average Bonchev–Trinajstić information content (AvgIpc) is 2.69. The lowest BCUT2D eigenvalue weighted by Crippen LogP contribution is -2.34. The van der Waals surface area contributed by atoms with Crippen molar-refractivity contribution in [1.29, 1.82) is 0 Å². The molecule has 1 aromatic rings. The van der Waals surface area contributed by atoms with Crippen LogP contribution in [0.15, 0.2) is 18.9 Å². The molecule has 0 aromatic carbocycles. The zero-order valence-electron chi connectivity index (χ0n) is 9.62. The highest BCUT2D eigenvalue weighted by Gasteiger charge is 2.09. The van der Waals surface area contributed by atoms with Gasteiger partial charge in [-0.25, -0.2) is 4.98 Å². The highest BCUT2D eigenvalue weighted by atomic mass is 32.1. The van der Waals surface area contributed by atoms with Gasteiger partial charge in [-0.1, -0.05) is 6.08 Å². The minimum Gasteiger partial charge on any atom is -0.352 e. The van der Waals surface area contributed by atoms with E-state index in [-0.39, 0.29) is 11.9 Å². The number of hydrogen-bond donors (Lipinski definition) is 2. The van der Waals surface area contributed by atoms with E-state index in [1.165, 1.54) is 0 Å². The molecular formula is C11H17N3OS. The first kappa shape index (κ1) is 12.9. The number of hydrogen-bond acceptors (Lipinski definition) is 4. The normalized spacial score (nSPS) is 12.1. The van der Waals surface area contributed by atoms with E-state index in [0.717, 1.165) is 9.88 Å². The van der Waals surface area contributed by atoms with Gasteiger partial charge in [0.15, 0.2) is 0 Å². The second-order valence-corrected chi connectivity index (χ2v) is 4.74. The standard InChI is InChI=1S/C11H17N3OS/c1-4-5-12-11(15)7-13-8(2)10-6-14-9(3)16-10/h4,6,8,13H,1,5,7H2,2-3H3,(H,12,15). The van der Waals surface area contributed by atoms with Crippen molar-refractivity contribution in [2.75, 3.05) is 13.1 Å². The zero-order valence-corrected chi connectivity index (χ0v) is 10.4. The Balaban J connectivity index is 2.32. The smallest absolute Gasteiger partial charge is 0.234 e. The predicted octanol–water partition coefficient (Wildman–Crippen LogP) is 1.40. The Morgan fingerprint density at radius 3 is 3.06 bits per heavy atom. The van der Waals surface area contributed by atoms with Crippen molar-refractivity contribution in [2.45, 2.75) is 19.9 Å². The van der Waals surface area contributed by atoms with Gasteiger partial charge in [0.1, 0.15) is 0 Å². The molecule has 0 fully saturated rings. The van der Waals surface area contributed by atoms with Crippen molar-refractivity contribution in [3.8, 4) is 0 Å². The number of carbonyl (C=O) groups is 1. The fraction of sp³-hybridized carbons (Fsp3) is 0.455. The van der Waals surface area contributed by atoms with E-state index in [2.05, 4.69) is 22.2 Å². The summed E-state index contributed by atoms with van der Waals surface area (Å²) in [5.74, 6) is -0.0204. The van der Waals surface area contributed by atoms with E-state index < -0.39 is 0 Å². The van der Waals surface area contributed by atoms with Crippen molar-refractivity contribution >= 4 is 17.2 Å². The van der Waals surface area contributed by atoms with Gasteiger partial charge in [0.05, 0.1) is 11.6 Å². The molecule has 1 amide bonds. The van der Waals surface area contributed by atoms with Crippen LogP contribution in [0.3, 0.4) is 0 Å². The van der Waals surface area contributed by atoms with Gasteiger partial charge in [-0.15, -0.1) is 17.9 Å². The number of aryl methyl sites for hydroxylation is 1. The largest absolute Gasteiger partial charge is 0.352 e. The summed E-state index contributed by atoms with van der Waals surface area (Å²) in [6.45, 7) is 8.35. The Hall–Kier alpha value is -1.20. The van der Waals surface area contributed by atoms with E-state index in [0.29, 0.717) is 13.1 Å². The lowest BCUT2D eigenvalue weighted by Gasteiger charge is -2.10. The molecule has 1 unspecified atom stereocenters. The molecule has 0 spiro atoms. The van der Waals surface area contributed by atoms with Gasteiger partial charge >= 0.3 is 0 Å². The quantitative estimate of drug-likeness (QED) is 0.738. The molecule has 5 heteroatoms. The van der Waals surface area contributed by atoms with Crippen LogP contribution in [0.1, 0.15) is 22.9 Å². The fourth-order valence-electron chi connectivity index (χ4n) is 1.17. The summed E-state index contributed by atoms with van der Waals surface area (Å²) in [6.07, 6.45) is 3.51. The van der Waals surface area contributed by atoms with Crippen LogP contribution in [-0.2, 0) is 4.79 Å². The summed E-state index contributed by atoms with van der Waals surface area (Å²) in [5.41, 5.74) is 0. The molecule has 1 aromatic heterocycles. The van der Waals surface area contributed by atoms with E-state index in [9.17, 15) is 4.79 Å². The highest BCUT2D eigenvalue weighted by molar-refractivity contribution is 7.11. The lowest BCUT2D eigenvalue weighted by molar-refractivity contribution is -0.120. The minimum absolute atomic E-state index is 0.0204. The van der Waals surface area contributed by atoms with Crippen molar-refractivity contribution in [3.63, 3.8) is 0 Å². The van der Waals surface area contributed by atoms with Crippen LogP contribution in [0.2, 0.25) is 0 Å². The molecule has 1 heterocycles. The van der Waals surface area contributed by atoms with Crippen LogP contribution in [0, 0.1) is 6.92 Å². The molecule has 0 saturated heterocycles. The van der Waals surface area contributed by atoms with Crippen LogP contribution < -0.4 is 10.6 Å². The Kier molecular flexibility index (Phi) is 5.14. The number of nitrogens with one attached hydrogen (secondary N) is 2. The van der Waals surface area contributed by atoms with Crippen LogP contribution in [-0.4, -0.2) is 24.0 Å². The number of nitrogens with zero attached hydrogens (tertiary/aromatic N) is 1. The van der Waals surface area contributed by atoms with Crippen LogP contribution in [0.25, 0.3) is 0 Å². The Bertz CT molecular complexity index is 362. The molecule has 1 rings (SSSR count). The van der Waals surface area contributed by atoms with E-state index in [1.54, 1.807) is 17.4 Å². The van der Waals surface area contributed by atoms with Crippen molar-refractivity contribution in [3.05, 3.63) is 28.7 Å². The van der Waals surface area contributed by atoms with E-state index in [1.807, 2.05) is 20.0 Å². The summed E-state index contributed by atoms with van der Waals surface area (Å²) < 4.78 is 0. The second kappa shape index (κ2) is 6.40. The van der Waals surface area contributed by atoms with Gasteiger partial charge in [0, 0.05) is 23.7 Å². The first-order valence-electron chi connectivity index (χ1n) is 5.16. The third-order valence-corrected chi connectivity index (χ3v) is 3.17. The van der Waals surface area contributed by atoms with Crippen molar-refractivity contribution in [1.82, 2.24) is 15.6 Å². The van der Waals surface area contributed by atoms with Gasteiger partial charge < -0.3 is 10.6 Å². The maximum absolute atomic E-state index is 11.3. The summed E-state index contributed by atoms with van der Waals surface area (Å²) in [5, 5.41) is 6.90. The fourth-order valence-corrected chi connectivity index (χ4v) is 1.98. The molecule has 0 aliphatic carbocycles. The number of rotatable bonds is 6. The maximum Gasteiger partial charge on any atom is 0.234 e. The molecule has 4 nitrogen and oxygen atoms in total. The topological polar surface area (TPSA) is 54.0 Å². The van der Waals surface area contributed by atoms with Gasteiger partial charge in [-0.05, 0) is 13.8 Å². The first-order chi connectivity index (χ1) is 7.63. The van der Waals surface area contributed by atoms with Crippen LogP contribution in [0.4, 0.5) is 0 Å². The third-order valence-electron chi connectivity index (χ3n) is 2.08. The number of aromatic nitrogens is 1. The molecule has 1 atom stereocenters. The minimum atomic E-state index is -0.0204. The van der Waals surface area contributed by atoms with Gasteiger partial charge in [0.25, 0.3) is 0 Å². The maximum atomic E-state index is 11.3. The first-order valence-corrected chi connectivity index (χ1v) is 5.98. The SMILES string of the molecule is C=CCNC(=O)CNC(C)c1cnc(C)s1. The molecular weight excluding hydrogens is 222 g/mol. The highest BCUT2D eigenvalue weighted by Crippen LogP contribution is 2.19. The Morgan fingerprint density at radius 1 is 1.75 bits per heavy atom. The monoisotopic (exact) mass is 239 g/mol. The van der Waals surface area contributed by atoms with Gasteiger partial charge in [-0.3, -0.25) is 4.79 Å². The Morgan fingerprint density at radius 2 is 2.50 bits per heavy atom. The summed E-state index contributed by atoms with van der Waals surface area (Å²) in [6, 6.07) is 0.153. The predicted molar refractivity (Wildman–Crippen MR) is 66.5 cm³/mol. The molecule has 0 aliphatic rings. The summed E-state index contributed by atoms with van der Waals surface area (Å²) >= 11 is 1.64. The van der Waals surface area contributed by atoms with Crippen molar-refractivity contribution in [2.24, 2.45) is 0 Å². The van der Waals surface area contributed by atoms with E-state index in [4.69, 9.17) is 0 Å². The summed E-state index contributed by atoms with van der Waals surface area (Å²) in [4.78, 5) is 16.6. The van der Waals surface area contributed by atoms with Gasteiger partial charge in [0.2, 0.25) is 5.91 Å². The third kappa shape index (κ3) is 4.12. The zero-order chi connectivity index (χ0) is 12.0. The number of thiazole rings is 1. The molecule has 16 heavy (non-hydrogen) atoms. The molecule has 88 valence electrons. The van der Waals surface area contributed by atoms with Crippen LogP contribution in [0.5, 0.6) is 0 Å². The summed E-state index contributed by atoms with van der Waals surface area (Å²) in [7, 11) is 0. The number of amides is 1. The van der Waals surface area contributed by atoms with E-state index >= 15 is 0 Å². The molecule has 0 aliphatic heterocycles.